The number of carbonyl (C=O) groups is 1. The van der Waals surface area contributed by atoms with Gasteiger partial charge in [-0.1, -0.05) is 0 Å². The van der Waals surface area contributed by atoms with Crippen LogP contribution in [-0.2, 0) is 0 Å². The van der Waals surface area contributed by atoms with E-state index >= 15 is 0 Å². The zero-order valence-electron chi connectivity index (χ0n) is 12.8. The first-order valence-corrected chi connectivity index (χ1v) is 7.71. The number of nitrogens with one attached hydrogen (secondary N) is 1. The van der Waals surface area contributed by atoms with Crippen LogP contribution in [0.25, 0.3) is 5.82 Å². The van der Waals surface area contributed by atoms with Gasteiger partial charge in [-0.2, -0.15) is 5.10 Å². The van der Waals surface area contributed by atoms with Crippen LogP contribution in [0.1, 0.15) is 30.1 Å². The van der Waals surface area contributed by atoms with E-state index in [1.807, 2.05) is 19.2 Å². The van der Waals surface area contributed by atoms with Crippen molar-refractivity contribution in [2.24, 2.45) is 0 Å². The minimum atomic E-state index is -0.0776. The maximum absolute atomic E-state index is 12.2. The second kappa shape index (κ2) is 6.70. The molecule has 1 aliphatic rings. The van der Waals surface area contributed by atoms with Gasteiger partial charge in [0.1, 0.15) is 0 Å². The zero-order valence-corrected chi connectivity index (χ0v) is 12.8. The van der Waals surface area contributed by atoms with Crippen LogP contribution in [0.5, 0.6) is 0 Å². The standard InChI is InChI=1S/C16H21N5O/c1-13(12-20-8-2-3-9-20)19-16(22)14-5-6-15(17-11-14)21-10-4-7-18-21/h4-7,10-11,13H,2-3,8-9,12H2,1H3,(H,19,22)/t13-/m1/s1. The number of likely N-dealkylation sites (tertiary alicyclic amines) is 1. The lowest BCUT2D eigenvalue weighted by molar-refractivity contribution is 0.0931. The van der Waals surface area contributed by atoms with Gasteiger partial charge in [-0.05, 0) is 51.1 Å². The molecule has 1 amide bonds. The Morgan fingerprint density at radius 1 is 1.36 bits per heavy atom. The van der Waals surface area contributed by atoms with Gasteiger partial charge >= 0.3 is 0 Å². The summed E-state index contributed by atoms with van der Waals surface area (Å²) in [6.45, 7) is 5.23. The first-order chi connectivity index (χ1) is 10.7. The fourth-order valence-corrected chi connectivity index (χ4v) is 2.77. The second-order valence-electron chi connectivity index (χ2n) is 5.74. The maximum Gasteiger partial charge on any atom is 0.253 e. The molecule has 3 heterocycles. The van der Waals surface area contributed by atoms with Crippen molar-refractivity contribution < 1.29 is 4.79 Å². The third-order valence-corrected chi connectivity index (χ3v) is 3.86. The van der Waals surface area contributed by atoms with Crippen molar-refractivity contribution in [3.05, 3.63) is 42.4 Å². The van der Waals surface area contributed by atoms with Crippen LogP contribution < -0.4 is 5.32 Å². The van der Waals surface area contributed by atoms with E-state index in [0.29, 0.717) is 11.4 Å². The Hall–Kier alpha value is -2.21. The molecule has 2 aromatic rings. The average Bonchev–Trinajstić information content (AvgIpc) is 3.20. The van der Waals surface area contributed by atoms with E-state index in [2.05, 4.69) is 20.3 Å². The van der Waals surface area contributed by atoms with Crippen molar-refractivity contribution in [3.63, 3.8) is 0 Å². The minimum Gasteiger partial charge on any atom is -0.348 e. The number of hydrogen-bond donors (Lipinski definition) is 1. The quantitative estimate of drug-likeness (QED) is 0.908. The maximum atomic E-state index is 12.2. The molecule has 0 radical (unpaired) electrons. The van der Waals surface area contributed by atoms with Crippen molar-refractivity contribution in [3.8, 4) is 5.82 Å². The highest BCUT2D eigenvalue weighted by Gasteiger charge is 2.16. The highest BCUT2D eigenvalue weighted by Crippen LogP contribution is 2.08. The number of aromatic nitrogens is 3. The predicted octanol–water partition coefficient (Wildman–Crippen LogP) is 1.48. The molecule has 1 saturated heterocycles. The molecule has 0 saturated carbocycles. The van der Waals surface area contributed by atoms with Crippen LogP contribution in [0, 0.1) is 0 Å². The van der Waals surface area contributed by atoms with Crippen molar-refractivity contribution in [1.82, 2.24) is 25.0 Å². The Bertz CT molecular complexity index is 602. The van der Waals surface area contributed by atoms with Crippen molar-refractivity contribution in [1.29, 1.82) is 0 Å². The normalized spacial score (nSPS) is 16.6. The fourth-order valence-electron chi connectivity index (χ4n) is 2.77. The summed E-state index contributed by atoms with van der Waals surface area (Å²) in [6, 6.07) is 5.55. The molecule has 1 atom stereocenters. The molecule has 6 nitrogen and oxygen atoms in total. The summed E-state index contributed by atoms with van der Waals surface area (Å²) in [7, 11) is 0. The second-order valence-corrected chi connectivity index (χ2v) is 5.74. The molecule has 6 heteroatoms. The van der Waals surface area contributed by atoms with Gasteiger partial charge in [0.25, 0.3) is 5.91 Å². The van der Waals surface area contributed by atoms with Crippen molar-refractivity contribution >= 4 is 5.91 Å². The Morgan fingerprint density at radius 3 is 2.82 bits per heavy atom. The van der Waals surface area contributed by atoms with Crippen molar-refractivity contribution in [2.75, 3.05) is 19.6 Å². The van der Waals surface area contributed by atoms with E-state index in [0.717, 1.165) is 19.6 Å². The van der Waals surface area contributed by atoms with Gasteiger partial charge in [-0.3, -0.25) is 4.79 Å². The molecule has 1 N–H and O–H groups in total. The Labute approximate surface area is 130 Å². The number of nitrogens with zero attached hydrogens (tertiary/aromatic N) is 4. The van der Waals surface area contributed by atoms with E-state index in [-0.39, 0.29) is 11.9 Å². The molecule has 2 aromatic heterocycles. The molecular weight excluding hydrogens is 278 g/mol. The minimum absolute atomic E-state index is 0.0776. The lowest BCUT2D eigenvalue weighted by atomic mass is 10.2. The predicted molar refractivity (Wildman–Crippen MR) is 84.0 cm³/mol. The average molecular weight is 299 g/mol. The summed E-state index contributed by atoms with van der Waals surface area (Å²) in [5, 5.41) is 7.15. The largest absolute Gasteiger partial charge is 0.348 e. The van der Waals surface area contributed by atoms with Gasteiger partial charge in [0.2, 0.25) is 0 Å². The lowest BCUT2D eigenvalue weighted by Crippen LogP contribution is -2.41. The fraction of sp³-hybridized carbons (Fsp3) is 0.438. The Balaban J connectivity index is 1.57. The van der Waals surface area contributed by atoms with Crippen LogP contribution in [0.3, 0.4) is 0 Å². The molecular formula is C16H21N5O. The number of pyridine rings is 1. The highest BCUT2D eigenvalue weighted by atomic mass is 16.1. The highest BCUT2D eigenvalue weighted by molar-refractivity contribution is 5.94. The summed E-state index contributed by atoms with van der Waals surface area (Å²) < 4.78 is 1.66. The molecule has 22 heavy (non-hydrogen) atoms. The third-order valence-electron chi connectivity index (χ3n) is 3.86. The summed E-state index contributed by atoms with van der Waals surface area (Å²) >= 11 is 0. The molecule has 0 aliphatic carbocycles. The molecule has 0 aromatic carbocycles. The van der Waals surface area contributed by atoms with E-state index in [4.69, 9.17) is 0 Å². The molecule has 3 rings (SSSR count). The van der Waals surface area contributed by atoms with Crippen LogP contribution in [0.2, 0.25) is 0 Å². The zero-order chi connectivity index (χ0) is 15.4. The number of rotatable bonds is 5. The third kappa shape index (κ3) is 3.51. The van der Waals surface area contributed by atoms with Gasteiger partial charge in [0.15, 0.2) is 5.82 Å². The smallest absolute Gasteiger partial charge is 0.253 e. The SMILES string of the molecule is C[C@H](CN1CCCC1)NC(=O)c1ccc(-n2cccn2)nc1. The van der Waals surface area contributed by atoms with Gasteiger partial charge in [-0.25, -0.2) is 9.67 Å². The molecule has 0 unspecified atom stereocenters. The van der Waals surface area contributed by atoms with Crippen LogP contribution in [0.4, 0.5) is 0 Å². The van der Waals surface area contributed by atoms with Crippen LogP contribution >= 0.6 is 0 Å². The van der Waals surface area contributed by atoms with Gasteiger partial charge < -0.3 is 10.2 Å². The Morgan fingerprint density at radius 2 is 2.18 bits per heavy atom. The van der Waals surface area contributed by atoms with E-state index < -0.39 is 0 Å². The number of amides is 1. The van der Waals surface area contributed by atoms with Crippen LogP contribution in [0.15, 0.2) is 36.8 Å². The van der Waals surface area contributed by atoms with Gasteiger partial charge in [-0.15, -0.1) is 0 Å². The first-order valence-electron chi connectivity index (χ1n) is 7.71. The van der Waals surface area contributed by atoms with E-state index in [1.54, 1.807) is 29.2 Å². The van der Waals surface area contributed by atoms with E-state index in [9.17, 15) is 4.79 Å². The number of hydrogen-bond acceptors (Lipinski definition) is 4. The Kier molecular flexibility index (Phi) is 4.48. The molecule has 0 bridgehead atoms. The number of carbonyl (C=O) groups excluding carboxylic acids is 1. The summed E-state index contributed by atoms with van der Waals surface area (Å²) in [6.07, 6.45) is 7.64. The molecule has 0 spiro atoms. The lowest BCUT2D eigenvalue weighted by Gasteiger charge is -2.21. The summed E-state index contributed by atoms with van der Waals surface area (Å²) in [4.78, 5) is 18.9. The molecule has 1 fully saturated rings. The van der Waals surface area contributed by atoms with Crippen molar-refractivity contribution in [2.45, 2.75) is 25.8 Å². The first kappa shape index (κ1) is 14.7. The molecule has 1 aliphatic heterocycles. The van der Waals surface area contributed by atoms with E-state index in [1.165, 1.54) is 12.8 Å². The van der Waals surface area contributed by atoms with Gasteiger partial charge in [0.05, 0.1) is 5.56 Å². The topological polar surface area (TPSA) is 63.1 Å². The monoisotopic (exact) mass is 299 g/mol. The summed E-state index contributed by atoms with van der Waals surface area (Å²) in [5.74, 6) is 0.623. The summed E-state index contributed by atoms with van der Waals surface area (Å²) in [5.41, 5.74) is 0.573. The van der Waals surface area contributed by atoms with Crippen LogP contribution in [-0.4, -0.2) is 51.2 Å². The molecule has 116 valence electrons. The van der Waals surface area contributed by atoms with Gasteiger partial charge in [0, 0.05) is 31.2 Å².